The normalized spacial score (nSPS) is 12.8. The maximum absolute atomic E-state index is 2.44. The van der Waals surface area contributed by atoms with E-state index in [0.717, 1.165) is 17.1 Å². The molecule has 0 aliphatic heterocycles. The van der Waals surface area contributed by atoms with Crippen LogP contribution in [0.1, 0.15) is 30.5 Å². The number of benzene rings is 9. The Bertz CT molecular complexity index is 2830. The number of hydrogen-bond acceptors (Lipinski definition) is 1. The summed E-state index contributed by atoms with van der Waals surface area (Å²) in [6, 6.07) is 71.4. The number of fused-ring (bicyclic) bond motifs is 5. The zero-order valence-corrected chi connectivity index (χ0v) is 31.4. The topological polar surface area (TPSA) is 3.24 Å². The highest BCUT2D eigenvalue weighted by atomic mass is 15.1. The lowest BCUT2D eigenvalue weighted by molar-refractivity contribution is 0.655. The van der Waals surface area contributed by atoms with Crippen LogP contribution in [-0.2, 0) is 5.41 Å². The lowest BCUT2D eigenvalue weighted by Crippen LogP contribution is -2.17. The second kappa shape index (κ2) is 13.0. The molecule has 1 aliphatic rings. The van der Waals surface area contributed by atoms with Crippen LogP contribution in [0.3, 0.4) is 0 Å². The molecule has 0 amide bonds. The molecule has 0 fully saturated rings. The molecule has 0 N–H and O–H groups in total. The van der Waals surface area contributed by atoms with Gasteiger partial charge in [0, 0.05) is 22.5 Å². The van der Waals surface area contributed by atoms with Crippen molar-refractivity contribution in [2.24, 2.45) is 0 Å². The molecule has 1 heteroatoms. The van der Waals surface area contributed by atoms with Crippen LogP contribution in [0, 0.1) is 6.92 Å². The van der Waals surface area contributed by atoms with Crippen molar-refractivity contribution in [2.45, 2.75) is 26.2 Å². The van der Waals surface area contributed by atoms with Crippen molar-refractivity contribution < 1.29 is 0 Å². The molecule has 0 atom stereocenters. The maximum atomic E-state index is 2.44. The van der Waals surface area contributed by atoms with Crippen molar-refractivity contribution in [1.82, 2.24) is 0 Å². The third kappa shape index (κ3) is 5.46. The summed E-state index contributed by atoms with van der Waals surface area (Å²) in [5.74, 6) is 0. The fourth-order valence-electron chi connectivity index (χ4n) is 9.21. The number of rotatable bonds is 6. The molecule has 1 nitrogen and oxygen atoms in total. The van der Waals surface area contributed by atoms with Gasteiger partial charge in [0.1, 0.15) is 0 Å². The Labute approximate surface area is 323 Å². The van der Waals surface area contributed by atoms with Gasteiger partial charge in [-0.1, -0.05) is 166 Å². The van der Waals surface area contributed by atoms with Gasteiger partial charge in [-0.2, -0.15) is 0 Å². The van der Waals surface area contributed by atoms with E-state index in [2.05, 4.69) is 220 Å². The third-order valence-corrected chi connectivity index (χ3v) is 11.7. The van der Waals surface area contributed by atoms with Gasteiger partial charge in [0.25, 0.3) is 0 Å². The van der Waals surface area contributed by atoms with Crippen molar-refractivity contribution in [3.63, 3.8) is 0 Å². The van der Waals surface area contributed by atoms with Crippen LogP contribution in [0.25, 0.3) is 66.1 Å². The minimum Gasteiger partial charge on any atom is -0.310 e. The quantitative estimate of drug-likeness (QED) is 0.156. The van der Waals surface area contributed by atoms with Crippen molar-refractivity contribution in [3.8, 4) is 44.5 Å². The van der Waals surface area contributed by atoms with E-state index < -0.39 is 0 Å². The molecule has 0 saturated carbocycles. The maximum Gasteiger partial charge on any atom is 0.0468 e. The Morgan fingerprint density at radius 3 is 1.60 bits per heavy atom. The summed E-state index contributed by atoms with van der Waals surface area (Å²) in [6.45, 7) is 7.01. The first-order valence-corrected chi connectivity index (χ1v) is 19.3. The molecule has 262 valence electrons. The molecule has 1 aliphatic carbocycles. The summed E-state index contributed by atoms with van der Waals surface area (Å²) in [5.41, 5.74) is 17.4. The highest BCUT2D eigenvalue weighted by molar-refractivity contribution is 6.15. The predicted molar refractivity (Wildman–Crippen MR) is 235 cm³/mol. The number of aryl methyl sites for hydroxylation is 1. The number of anilines is 3. The molecule has 0 bridgehead atoms. The largest absolute Gasteiger partial charge is 0.310 e. The van der Waals surface area contributed by atoms with Gasteiger partial charge in [-0.25, -0.2) is 0 Å². The van der Waals surface area contributed by atoms with Gasteiger partial charge >= 0.3 is 0 Å². The van der Waals surface area contributed by atoms with E-state index >= 15 is 0 Å². The Balaban J connectivity index is 1.21. The van der Waals surface area contributed by atoms with Crippen LogP contribution in [0.2, 0.25) is 0 Å². The van der Waals surface area contributed by atoms with Crippen molar-refractivity contribution in [2.75, 3.05) is 4.90 Å². The van der Waals surface area contributed by atoms with E-state index in [9.17, 15) is 0 Å². The van der Waals surface area contributed by atoms with E-state index in [1.807, 2.05) is 0 Å². The zero-order chi connectivity index (χ0) is 37.1. The molecular weight excluding hydrogens is 663 g/mol. The first kappa shape index (κ1) is 32.9. The molecule has 0 unspecified atom stereocenters. The Morgan fingerprint density at radius 2 is 0.927 bits per heavy atom. The van der Waals surface area contributed by atoms with E-state index in [1.165, 1.54) is 82.7 Å². The van der Waals surface area contributed by atoms with E-state index in [1.54, 1.807) is 0 Å². The van der Waals surface area contributed by atoms with Gasteiger partial charge < -0.3 is 4.90 Å². The first-order chi connectivity index (χ1) is 27.0. The smallest absolute Gasteiger partial charge is 0.0468 e. The molecule has 0 aromatic heterocycles. The van der Waals surface area contributed by atoms with Gasteiger partial charge in [-0.05, 0) is 132 Å². The molecule has 9 aromatic carbocycles. The molecule has 55 heavy (non-hydrogen) atoms. The minimum atomic E-state index is -0.122. The number of hydrogen-bond donors (Lipinski definition) is 0. The standard InChI is InChI=1S/C54H41N/c1-36-15-14-24-49-47-31-29-44(35-51(47)54(2,3)53(36)49)55(42-27-25-38(26-28-42)37-16-6-4-7-17-37)43-30-32-48(50(34-43)39-18-8-5-9-19-39)52-45-22-12-10-20-40(45)33-41-21-11-13-23-46(41)52/h4-35H,1-3H3. The highest BCUT2D eigenvalue weighted by Gasteiger charge is 2.37. The SMILES string of the molecule is Cc1cccc2c1C(C)(C)c1cc(N(c3ccc(-c4ccccc4)cc3)c3ccc(-c4c5ccccc5cc5ccccc45)c(-c4ccccc4)c3)ccc1-2. The molecule has 0 heterocycles. The average Bonchev–Trinajstić information content (AvgIpc) is 3.47. The van der Waals surface area contributed by atoms with Crippen LogP contribution in [0.4, 0.5) is 17.1 Å². The Hall–Kier alpha value is -6.70. The fraction of sp³-hybridized carbons (Fsp3) is 0.0741. The Morgan fingerprint density at radius 1 is 0.382 bits per heavy atom. The van der Waals surface area contributed by atoms with Crippen molar-refractivity contribution in [3.05, 3.63) is 211 Å². The lowest BCUT2D eigenvalue weighted by atomic mass is 9.80. The second-order valence-electron chi connectivity index (χ2n) is 15.4. The lowest BCUT2D eigenvalue weighted by Gasteiger charge is -2.29. The molecule has 0 saturated heterocycles. The third-order valence-electron chi connectivity index (χ3n) is 11.7. The van der Waals surface area contributed by atoms with E-state index in [4.69, 9.17) is 0 Å². The summed E-state index contributed by atoms with van der Waals surface area (Å²) in [5, 5.41) is 5.01. The summed E-state index contributed by atoms with van der Waals surface area (Å²) in [7, 11) is 0. The second-order valence-corrected chi connectivity index (χ2v) is 15.4. The van der Waals surface area contributed by atoms with Gasteiger partial charge in [0.2, 0.25) is 0 Å². The first-order valence-electron chi connectivity index (χ1n) is 19.3. The van der Waals surface area contributed by atoms with Crippen LogP contribution >= 0.6 is 0 Å². The molecule has 10 rings (SSSR count). The molecular formula is C54H41N. The predicted octanol–water partition coefficient (Wildman–Crippen LogP) is 15.1. The average molecular weight is 704 g/mol. The summed E-state index contributed by atoms with van der Waals surface area (Å²) in [6.07, 6.45) is 0. The van der Waals surface area contributed by atoms with Crippen LogP contribution < -0.4 is 4.90 Å². The van der Waals surface area contributed by atoms with Crippen LogP contribution in [0.15, 0.2) is 194 Å². The monoisotopic (exact) mass is 703 g/mol. The van der Waals surface area contributed by atoms with E-state index in [-0.39, 0.29) is 5.41 Å². The van der Waals surface area contributed by atoms with Crippen molar-refractivity contribution >= 4 is 38.6 Å². The molecule has 9 aromatic rings. The van der Waals surface area contributed by atoms with E-state index in [0.29, 0.717) is 0 Å². The minimum absolute atomic E-state index is 0.122. The zero-order valence-electron chi connectivity index (χ0n) is 31.4. The van der Waals surface area contributed by atoms with Crippen LogP contribution in [0.5, 0.6) is 0 Å². The van der Waals surface area contributed by atoms with Gasteiger partial charge in [-0.3, -0.25) is 0 Å². The van der Waals surface area contributed by atoms with Crippen LogP contribution in [-0.4, -0.2) is 0 Å². The summed E-state index contributed by atoms with van der Waals surface area (Å²) < 4.78 is 0. The van der Waals surface area contributed by atoms with Gasteiger partial charge in [-0.15, -0.1) is 0 Å². The van der Waals surface area contributed by atoms with Crippen molar-refractivity contribution in [1.29, 1.82) is 0 Å². The molecule has 0 spiro atoms. The summed E-state index contributed by atoms with van der Waals surface area (Å²) >= 11 is 0. The fourth-order valence-corrected chi connectivity index (χ4v) is 9.21. The Kier molecular flexibility index (Phi) is 7.78. The van der Waals surface area contributed by atoms with Gasteiger partial charge in [0.05, 0.1) is 0 Å². The van der Waals surface area contributed by atoms with Gasteiger partial charge in [0.15, 0.2) is 0 Å². The molecule has 0 radical (unpaired) electrons. The number of nitrogens with zero attached hydrogens (tertiary/aromatic N) is 1. The summed E-state index contributed by atoms with van der Waals surface area (Å²) in [4.78, 5) is 2.44. The highest BCUT2D eigenvalue weighted by Crippen LogP contribution is 2.52.